The summed E-state index contributed by atoms with van der Waals surface area (Å²) in [7, 11) is 1.16. The van der Waals surface area contributed by atoms with Crippen molar-refractivity contribution in [1.82, 2.24) is 10.6 Å². The second kappa shape index (κ2) is 12.2. The molecule has 0 aliphatic rings. The number of carbonyl (C=O) groups is 3. The van der Waals surface area contributed by atoms with Crippen LogP contribution in [0.2, 0.25) is 0 Å². The van der Waals surface area contributed by atoms with Crippen molar-refractivity contribution in [3.05, 3.63) is 35.9 Å². The molecule has 0 saturated carbocycles. The van der Waals surface area contributed by atoms with Crippen LogP contribution in [-0.4, -0.2) is 60.4 Å². The van der Waals surface area contributed by atoms with Crippen LogP contribution in [0.1, 0.15) is 18.9 Å². The van der Waals surface area contributed by atoms with Crippen LogP contribution in [-0.2, 0) is 25.7 Å². The van der Waals surface area contributed by atoms with E-state index < -0.39 is 36.2 Å². The zero-order chi connectivity index (χ0) is 20.2. The Balaban J connectivity index is 2.68. The molecule has 0 unspecified atom stereocenters. The summed E-state index contributed by atoms with van der Waals surface area (Å²) in [6, 6.07) is 7.01. The minimum absolute atomic E-state index is 0.0714. The predicted octanol–water partition coefficient (Wildman–Crippen LogP) is 1.07. The molecule has 1 rings (SSSR count). The highest BCUT2D eigenvalue weighted by Gasteiger charge is 2.30. The van der Waals surface area contributed by atoms with E-state index in [1.54, 1.807) is 0 Å². The quantitative estimate of drug-likeness (QED) is 0.505. The van der Waals surface area contributed by atoms with Gasteiger partial charge in [0.2, 0.25) is 5.91 Å². The molecule has 0 radical (unpaired) electrons. The van der Waals surface area contributed by atoms with Gasteiger partial charge >= 0.3 is 12.1 Å². The number of nitrogens with one attached hydrogen (secondary N) is 2. The lowest BCUT2D eigenvalue weighted by Gasteiger charge is -2.23. The standard InChI is InChI=1S/C18H26N2O6S/c1-12(21)15(17(23)25-2)20-16(22)14(9-10-27-3)19-18(24)26-11-13-7-5-4-6-8-13/h4-8,12,14-15,21H,9-11H2,1-3H3,(H,19,24)(H,20,22)/t12-,14+,15-/m1/s1. The maximum absolute atomic E-state index is 12.5. The average Bonchev–Trinajstić information content (AvgIpc) is 2.67. The number of esters is 1. The first-order valence-electron chi connectivity index (χ1n) is 8.41. The van der Waals surface area contributed by atoms with Gasteiger partial charge in [-0.15, -0.1) is 0 Å². The van der Waals surface area contributed by atoms with E-state index >= 15 is 0 Å². The lowest BCUT2D eigenvalue weighted by atomic mass is 10.1. The molecule has 2 amide bonds. The van der Waals surface area contributed by atoms with E-state index in [0.717, 1.165) is 12.7 Å². The van der Waals surface area contributed by atoms with Crippen molar-refractivity contribution in [2.24, 2.45) is 0 Å². The van der Waals surface area contributed by atoms with Crippen molar-refractivity contribution in [2.75, 3.05) is 19.1 Å². The fraction of sp³-hybridized carbons (Fsp3) is 0.500. The number of alkyl carbamates (subject to hydrolysis) is 1. The first kappa shape index (κ1) is 22.8. The van der Waals surface area contributed by atoms with Crippen molar-refractivity contribution < 1.29 is 29.0 Å². The van der Waals surface area contributed by atoms with Gasteiger partial charge in [-0.1, -0.05) is 30.3 Å². The molecule has 1 aromatic rings. The van der Waals surface area contributed by atoms with E-state index in [1.165, 1.54) is 18.7 Å². The van der Waals surface area contributed by atoms with Gasteiger partial charge in [0.15, 0.2) is 6.04 Å². The fourth-order valence-electron chi connectivity index (χ4n) is 2.17. The van der Waals surface area contributed by atoms with E-state index in [4.69, 9.17) is 4.74 Å². The molecule has 3 atom stereocenters. The summed E-state index contributed by atoms with van der Waals surface area (Å²) in [6.07, 6.45) is 0.316. The molecule has 8 nitrogen and oxygen atoms in total. The Hall–Kier alpha value is -2.26. The predicted molar refractivity (Wildman–Crippen MR) is 102 cm³/mol. The van der Waals surface area contributed by atoms with Gasteiger partial charge in [-0.3, -0.25) is 4.79 Å². The summed E-state index contributed by atoms with van der Waals surface area (Å²) in [5.74, 6) is -0.764. The molecule has 0 fully saturated rings. The lowest BCUT2D eigenvalue weighted by molar-refractivity contribution is -0.148. The number of hydrogen-bond donors (Lipinski definition) is 3. The second-order valence-corrected chi connectivity index (χ2v) is 6.78. The average molecular weight is 398 g/mol. The Bertz CT molecular complexity index is 611. The smallest absolute Gasteiger partial charge is 0.408 e. The summed E-state index contributed by atoms with van der Waals surface area (Å²) in [4.78, 5) is 36.2. The number of rotatable bonds is 10. The number of aliphatic hydroxyl groups is 1. The van der Waals surface area contributed by atoms with Gasteiger partial charge < -0.3 is 25.2 Å². The van der Waals surface area contributed by atoms with Crippen LogP contribution in [0, 0.1) is 0 Å². The molecule has 0 spiro atoms. The Morgan fingerprint density at radius 3 is 2.41 bits per heavy atom. The van der Waals surface area contributed by atoms with Crippen LogP contribution in [0.25, 0.3) is 0 Å². The summed E-state index contributed by atoms with van der Waals surface area (Å²) in [6.45, 7) is 1.43. The molecule has 3 N–H and O–H groups in total. The molecule has 0 aliphatic heterocycles. The number of carbonyl (C=O) groups excluding carboxylic acids is 3. The first-order chi connectivity index (χ1) is 12.9. The molecule has 1 aromatic carbocycles. The van der Waals surface area contributed by atoms with Crippen LogP contribution in [0.15, 0.2) is 30.3 Å². The van der Waals surface area contributed by atoms with E-state index in [9.17, 15) is 19.5 Å². The highest BCUT2D eigenvalue weighted by Crippen LogP contribution is 2.05. The fourth-order valence-corrected chi connectivity index (χ4v) is 2.64. The monoisotopic (exact) mass is 398 g/mol. The number of methoxy groups -OCH3 is 1. The highest BCUT2D eigenvalue weighted by atomic mass is 32.2. The van der Waals surface area contributed by atoms with Gasteiger partial charge in [0.25, 0.3) is 0 Å². The van der Waals surface area contributed by atoms with Crippen LogP contribution in [0.4, 0.5) is 4.79 Å². The van der Waals surface area contributed by atoms with Crippen LogP contribution in [0.5, 0.6) is 0 Å². The molecular weight excluding hydrogens is 372 g/mol. The van der Waals surface area contributed by atoms with Gasteiger partial charge in [-0.25, -0.2) is 9.59 Å². The zero-order valence-electron chi connectivity index (χ0n) is 15.6. The van der Waals surface area contributed by atoms with E-state index in [2.05, 4.69) is 15.4 Å². The van der Waals surface area contributed by atoms with Gasteiger partial charge in [0.1, 0.15) is 12.6 Å². The van der Waals surface area contributed by atoms with Crippen LogP contribution in [0.3, 0.4) is 0 Å². The maximum Gasteiger partial charge on any atom is 0.408 e. The third-order valence-corrected chi connectivity index (χ3v) is 4.31. The number of amides is 2. The molecule has 150 valence electrons. The summed E-state index contributed by atoms with van der Waals surface area (Å²) < 4.78 is 9.71. The largest absolute Gasteiger partial charge is 0.467 e. The normalized spacial score (nSPS) is 13.8. The Labute approximate surface area is 163 Å². The molecule has 0 bridgehead atoms. The molecular formula is C18H26N2O6S. The van der Waals surface area contributed by atoms with E-state index in [-0.39, 0.29) is 6.61 Å². The van der Waals surface area contributed by atoms with E-state index in [1.807, 2.05) is 36.6 Å². The van der Waals surface area contributed by atoms with E-state index in [0.29, 0.717) is 12.2 Å². The van der Waals surface area contributed by atoms with Crippen molar-refractivity contribution in [3.8, 4) is 0 Å². The minimum Gasteiger partial charge on any atom is -0.467 e. The number of hydrogen-bond acceptors (Lipinski definition) is 7. The summed E-state index contributed by atoms with van der Waals surface area (Å²) >= 11 is 1.51. The molecule has 0 saturated heterocycles. The topological polar surface area (TPSA) is 114 Å². The Morgan fingerprint density at radius 1 is 1.19 bits per heavy atom. The van der Waals surface area contributed by atoms with Gasteiger partial charge in [0, 0.05) is 0 Å². The summed E-state index contributed by atoms with van der Waals surface area (Å²) in [5.41, 5.74) is 0.817. The second-order valence-electron chi connectivity index (χ2n) is 5.79. The summed E-state index contributed by atoms with van der Waals surface area (Å²) in [5, 5.41) is 14.6. The molecule has 0 aliphatic carbocycles. The Morgan fingerprint density at radius 2 is 1.85 bits per heavy atom. The third-order valence-electron chi connectivity index (χ3n) is 3.67. The van der Waals surface area contributed by atoms with Gasteiger partial charge in [0.05, 0.1) is 13.2 Å². The molecule has 0 aromatic heterocycles. The Kier molecular flexibility index (Phi) is 10.3. The minimum atomic E-state index is -1.22. The van der Waals surface area contributed by atoms with Crippen molar-refractivity contribution in [3.63, 3.8) is 0 Å². The van der Waals surface area contributed by atoms with Crippen molar-refractivity contribution in [2.45, 2.75) is 38.1 Å². The maximum atomic E-state index is 12.5. The SMILES string of the molecule is COC(=O)[C@H](NC(=O)[C@H](CCSC)NC(=O)OCc1ccccc1)[C@@H](C)O. The molecule has 0 heterocycles. The van der Waals surface area contributed by atoms with Crippen LogP contribution < -0.4 is 10.6 Å². The zero-order valence-corrected chi connectivity index (χ0v) is 16.5. The number of thioether (sulfide) groups is 1. The van der Waals surface area contributed by atoms with Crippen molar-refractivity contribution in [1.29, 1.82) is 0 Å². The number of ether oxygens (including phenoxy) is 2. The van der Waals surface area contributed by atoms with Crippen molar-refractivity contribution >= 4 is 29.7 Å². The van der Waals surface area contributed by atoms with Gasteiger partial charge in [-0.2, -0.15) is 11.8 Å². The first-order valence-corrected chi connectivity index (χ1v) is 9.80. The number of aliphatic hydroxyl groups excluding tert-OH is 1. The van der Waals surface area contributed by atoms with Gasteiger partial charge in [-0.05, 0) is 30.9 Å². The number of benzene rings is 1. The van der Waals surface area contributed by atoms with Crippen LogP contribution >= 0.6 is 11.8 Å². The third kappa shape index (κ3) is 8.31. The molecule has 9 heteroatoms. The lowest BCUT2D eigenvalue weighted by Crippen LogP contribution is -2.55. The highest BCUT2D eigenvalue weighted by molar-refractivity contribution is 7.98. The molecule has 27 heavy (non-hydrogen) atoms.